The van der Waals surface area contributed by atoms with Crippen molar-refractivity contribution in [3.63, 3.8) is 0 Å². The number of halogens is 1. The molecule has 0 bridgehead atoms. The van der Waals surface area contributed by atoms with Crippen LogP contribution in [-0.4, -0.2) is 44.3 Å². The fourth-order valence-corrected chi connectivity index (χ4v) is 1.25. The molecule has 0 atom stereocenters. The Morgan fingerprint density at radius 2 is 2.06 bits per heavy atom. The van der Waals surface area contributed by atoms with E-state index in [9.17, 15) is 14.0 Å². The second-order valence-corrected chi connectivity index (χ2v) is 3.67. The SMILES string of the molecule is COC(=O)c1cccc(F)c1C(=O)N=CN(C)C. The minimum Gasteiger partial charge on any atom is -0.465 e. The Morgan fingerprint density at radius 3 is 2.61 bits per heavy atom. The van der Waals surface area contributed by atoms with E-state index in [0.717, 1.165) is 13.2 Å². The number of aliphatic imine (C=N–C) groups is 1. The average Bonchev–Trinajstić information content (AvgIpc) is 2.34. The van der Waals surface area contributed by atoms with Crippen LogP contribution >= 0.6 is 0 Å². The lowest BCUT2D eigenvalue weighted by Gasteiger charge is -2.06. The van der Waals surface area contributed by atoms with Crippen molar-refractivity contribution < 1.29 is 18.7 Å². The summed E-state index contributed by atoms with van der Waals surface area (Å²) in [4.78, 5) is 28.2. The van der Waals surface area contributed by atoms with Crippen LogP contribution in [0.4, 0.5) is 4.39 Å². The van der Waals surface area contributed by atoms with E-state index in [1.807, 2.05) is 0 Å². The Hall–Kier alpha value is -2.24. The van der Waals surface area contributed by atoms with Crippen molar-refractivity contribution in [2.75, 3.05) is 21.2 Å². The third-order valence-electron chi connectivity index (χ3n) is 2.04. The molecule has 6 heteroatoms. The van der Waals surface area contributed by atoms with Gasteiger partial charge in [0.2, 0.25) is 0 Å². The molecule has 0 N–H and O–H groups in total. The van der Waals surface area contributed by atoms with Crippen LogP contribution in [0.1, 0.15) is 20.7 Å². The Labute approximate surface area is 104 Å². The lowest BCUT2D eigenvalue weighted by atomic mass is 10.1. The third-order valence-corrected chi connectivity index (χ3v) is 2.04. The van der Waals surface area contributed by atoms with Crippen molar-refractivity contribution in [2.24, 2.45) is 4.99 Å². The first kappa shape index (κ1) is 13.8. The summed E-state index contributed by atoms with van der Waals surface area (Å²) >= 11 is 0. The van der Waals surface area contributed by atoms with E-state index in [0.29, 0.717) is 0 Å². The Morgan fingerprint density at radius 1 is 1.39 bits per heavy atom. The van der Waals surface area contributed by atoms with Crippen LogP contribution in [0.3, 0.4) is 0 Å². The summed E-state index contributed by atoms with van der Waals surface area (Å²) in [6.45, 7) is 0. The zero-order valence-corrected chi connectivity index (χ0v) is 10.3. The molecule has 0 aromatic heterocycles. The molecule has 1 aromatic carbocycles. The van der Waals surface area contributed by atoms with Crippen LogP contribution in [0, 0.1) is 5.82 Å². The van der Waals surface area contributed by atoms with Crippen LogP contribution in [0.5, 0.6) is 0 Å². The summed E-state index contributed by atoms with van der Waals surface area (Å²) in [5, 5.41) is 0. The quantitative estimate of drug-likeness (QED) is 0.463. The maximum atomic E-state index is 13.6. The number of methoxy groups -OCH3 is 1. The summed E-state index contributed by atoms with van der Waals surface area (Å²) < 4.78 is 18.1. The molecule has 0 spiro atoms. The maximum Gasteiger partial charge on any atom is 0.338 e. The average molecular weight is 252 g/mol. The first-order valence-corrected chi connectivity index (χ1v) is 5.09. The number of hydrogen-bond donors (Lipinski definition) is 0. The summed E-state index contributed by atoms with van der Waals surface area (Å²) in [5.41, 5.74) is -0.527. The van der Waals surface area contributed by atoms with E-state index in [-0.39, 0.29) is 11.1 Å². The van der Waals surface area contributed by atoms with Crippen molar-refractivity contribution in [3.8, 4) is 0 Å². The van der Waals surface area contributed by atoms with E-state index < -0.39 is 17.7 Å². The topological polar surface area (TPSA) is 59.0 Å². The zero-order chi connectivity index (χ0) is 13.7. The summed E-state index contributed by atoms with van der Waals surface area (Å²) in [5.74, 6) is -2.42. The third kappa shape index (κ3) is 3.13. The minimum absolute atomic E-state index is 0.140. The second kappa shape index (κ2) is 5.90. The molecule has 0 unspecified atom stereocenters. The van der Waals surface area contributed by atoms with Gasteiger partial charge in [-0.1, -0.05) is 6.07 Å². The highest BCUT2D eigenvalue weighted by atomic mass is 19.1. The lowest BCUT2D eigenvalue weighted by molar-refractivity contribution is 0.0596. The smallest absolute Gasteiger partial charge is 0.338 e. The van der Waals surface area contributed by atoms with Crippen LogP contribution in [0.15, 0.2) is 23.2 Å². The van der Waals surface area contributed by atoms with Crippen LogP contribution < -0.4 is 0 Å². The Balaban J connectivity index is 3.22. The monoisotopic (exact) mass is 252 g/mol. The highest BCUT2D eigenvalue weighted by Gasteiger charge is 2.21. The molecular weight excluding hydrogens is 239 g/mol. The number of nitrogens with zero attached hydrogens (tertiary/aromatic N) is 2. The molecule has 0 saturated heterocycles. The number of benzene rings is 1. The van der Waals surface area contributed by atoms with Gasteiger partial charge in [0, 0.05) is 14.1 Å². The minimum atomic E-state index is -0.831. The van der Waals surface area contributed by atoms with Crippen molar-refractivity contribution in [2.45, 2.75) is 0 Å². The molecule has 0 fully saturated rings. The van der Waals surface area contributed by atoms with Crippen molar-refractivity contribution >= 4 is 18.2 Å². The number of carbonyl (C=O) groups excluding carboxylic acids is 2. The van der Waals surface area contributed by atoms with Crippen LogP contribution in [0.2, 0.25) is 0 Å². The standard InChI is InChI=1S/C12H13FN2O3/c1-15(2)7-14-11(16)10-8(12(17)18-3)5-4-6-9(10)13/h4-7H,1-3H3. The molecule has 0 radical (unpaired) electrons. The van der Waals surface area contributed by atoms with E-state index in [2.05, 4.69) is 9.73 Å². The first-order valence-electron chi connectivity index (χ1n) is 5.09. The van der Waals surface area contributed by atoms with Gasteiger partial charge in [0.1, 0.15) is 5.82 Å². The predicted octanol–water partition coefficient (Wildman–Crippen LogP) is 1.34. The summed E-state index contributed by atoms with van der Waals surface area (Å²) in [7, 11) is 4.49. The number of amides is 1. The zero-order valence-electron chi connectivity index (χ0n) is 10.3. The molecule has 5 nitrogen and oxygen atoms in total. The van der Waals surface area contributed by atoms with Gasteiger partial charge in [0.15, 0.2) is 0 Å². The van der Waals surface area contributed by atoms with Crippen LogP contribution in [-0.2, 0) is 4.74 Å². The first-order chi connectivity index (χ1) is 8.47. The Bertz CT molecular complexity index is 498. The number of esters is 1. The molecule has 0 heterocycles. The summed E-state index contributed by atoms with van der Waals surface area (Å²) in [6.07, 6.45) is 1.23. The number of ether oxygens (including phenoxy) is 1. The molecule has 18 heavy (non-hydrogen) atoms. The molecule has 0 aliphatic heterocycles. The molecule has 96 valence electrons. The normalized spacial score (nSPS) is 10.4. The fourth-order valence-electron chi connectivity index (χ4n) is 1.25. The molecular formula is C12H13FN2O3. The van der Waals surface area contributed by atoms with Crippen molar-refractivity contribution in [3.05, 3.63) is 35.1 Å². The van der Waals surface area contributed by atoms with E-state index >= 15 is 0 Å². The van der Waals surface area contributed by atoms with Gasteiger partial charge in [-0.05, 0) is 12.1 Å². The molecule has 0 saturated carbocycles. The van der Waals surface area contributed by atoms with Gasteiger partial charge in [0.25, 0.3) is 5.91 Å². The van der Waals surface area contributed by atoms with E-state index in [4.69, 9.17) is 0 Å². The fraction of sp³-hybridized carbons (Fsp3) is 0.250. The highest BCUT2D eigenvalue weighted by molar-refractivity contribution is 6.07. The van der Waals surface area contributed by atoms with Gasteiger partial charge in [-0.2, -0.15) is 4.99 Å². The van der Waals surface area contributed by atoms with Gasteiger partial charge >= 0.3 is 5.97 Å². The molecule has 1 amide bonds. The van der Waals surface area contributed by atoms with E-state index in [1.54, 1.807) is 14.1 Å². The van der Waals surface area contributed by atoms with Gasteiger partial charge in [0.05, 0.1) is 24.6 Å². The van der Waals surface area contributed by atoms with Crippen LogP contribution in [0.25, 0.3) is 0 Å². The number of hydrogen-bond acceptors (Lipinski definition) is 3. The largest absolute Gasteiger partial charge is 0.465 e. The summed E-state index contributed by atoms with van der Waals surface area (Å²) in [6, 6.07) is 3.73. The lowest BCUT2D eigenvalue weighted by Crippen LogP contribution is -2.14. The van der Waals surface area contributed by atoms with Gasteiger partial charge in [-0.3, -0.25) is 4.79 Å². The number of carbonyl (C=O) groups is 2. The maximum absolute atomic E-state index is 13.6. The van der Waals surface area contributed by atoms with Gasteiger partial charge in [-0.25, -0.2) is 9.18 Å². The van der Waals surface area contributed by atoms with Gasteiger partial charge < -0.3 is 9.64 Å². The molecule has 0 aliphatic rings. The predicted molar refractivity (Wildman–Crippen MR) is 64.2 cm³/mol. The molecule has 1 rings (SSSR count). The van der Waals surface area contributed by atoms with Gasteiger partial charge in [-0.15, -0.1) is 0 Å². The number of rotatable bonds is 3. The highest BCUT2D eigenvalue weighted by Crippen LogP contribution is 2.15. The van der Waals surface area contributed by atoms with Crippen molar-refractivity contribution in [1.82, 2.24) is 4.90 Å². The molecule has 0 aliphatic carbocycles. The second-order valence-electron chi connectivity index (χ2n) is 3.67. The molecule has 1 aromatic rings. The Kier molecular flexibility index (Phi) is 4.53. The van der Waals surface area contributed by atoms with E-state index in [1.165, 1.54) is 23.4 Å². The van der Waals surface area contributed by atoms with Crippen molar-refractivity contribution in [1.29, 1.82) is 0 Å².